The molecule has 1 rings (SSSR count). The number of cyclic esters (lactones) is 1. The average molecular weight is 188 g/mol. The summed E-state index contributed by atoms with van der Waals surface area (Å²) in [6.45, 7) is 1.40. The van der Waals surface area contributed by atoms with Crippen molar-refractivity contribution in [2.45, 2.75) is 31.5 Å². The molecule has 13 heavy (non-hydrogen) atoms. The first-order valence-electron chi connectivity index (χ1n) is 4.01. The van der Waals surface area contributed by atoms with Crippen molar-refractivity contribution in [3.8, 4) is 0 Å². The maximum Gasteiger partial charge on any atom is 0.353 e. The number of carbonyl (C=O) groups is 2. The molecule has 1 aliphatic heterocycles. The van der Waals surface area contributed by atoms with Crippen LogP contribution in [0.4, 0.5) is 0 Å². The molecule has 1 N–H and O–H groups in total. The number of carbonyl (C=O) groups excluding carboxylic acids is 2. The number of ether oxygens (including phenoxy) is 2. The summed E-state index contributed by atoms with van der Waals surface area (Å²) in [6, 6.07) is 0. The molecule has 0 amide bonds. The average Bonchev–Trinajstić information content (AvgIpc) is 2.47. The molecule has 0 aromatic heterocycles. The van der Waals surface area contributed by atoms with Gasteiger partial charge in [0, 0.05) is 6.42 Å². The van der Waals surface area contributed by atoms with Crippen LogP contribution in [0.1, 0.15) is 19.8 Å². The van der Waals surface area contributed by atoms with Crippen molar-refractivity contribution in [3.63, 3.8) is 0 Å². The second-order valence-corrected chi connectivity index (χ2v) is 3.03. The Labute approximate surface area is 75.6 Å². The second kappa shape index (κ2) is 3.33. The highest BCUT2D eigenvalue weighted by molar-refractivity contribution is 5.87. The van der Waals surface area contributed by atoms with Crippen LogP contribution in [-0.4, -0.2) is 35.9 Å². The van der Waals surface area contributed by atoms with E-state index < -0.39 is 23.6 Å². The first kappa shape index (κ1) is 9.98. The molecule has 0 aromatic rings. The molecule has 0 spiro atoms. The summed E-state index contributed by atoms with van der Waals surface area (Å²) in [5.41, 5.74) is -1.48. The lowest BCUT2D eigenvalue weighted by molar-refractivity contribution is -0.183. The van der Waals surface area contributed by atoms with Crippen LogP contribution in [0, 0.1) is 0 Å². The fourth-order valence-corrected chi connectivity index (χ4v) is 1.37. The van der Waals surface area contributed by atoms with Gasteiger partial charge in [-0.3, -0.25) is 4.79 Å². The van der Waals surface area contributed by atoms with E-state index >= 15 is 0 Å². The maximum atomic E-state index is 11.3. The highest BCUT2D eigenvalue weighted by Crippen LogP contribution is 2.31. The van der Waals surface area contributed by atoms with Gasteiger partial charge in [-0.1, -0.05) is 0 Å². The van der Waals surface area contributed by atoms with E-state index in [2.05, 4.69) is 4.74 Å². The molecule has 0 radical (unpaired) electrons. The summed E-state index contributed by atoms with van der Waals surface area (Å²) < 4.78 is 9.27. The third-order valence-electron chi connectivity index (χ3n) is 2.20. The number of aliphatic hydroxyl groups is 1. The third-order valence-corrected chi connectivity index (χ3v) is 2.20. The Morgan fingerprint density at radius 2 is 2.38 bits per heavy atom. The Kier molecular flexibility index (Phi) is 2.56. The first-order chi connectivity index (χ1) is 6.03. The van der Waals surface area contributed by atoms with Gasteiger partial charge in [0.1, 0.15) is 6.10 Å². The number of hydrogen-bond acceptors (Lipinski definition) is 5. The molecule has 0 aliphatic carbocycles. The molecule has 0 aromatic carbocycles. The molecule has 1 saturated heterocycles. The smallest absolute Gasteiger partial charge is 0.353 e. The minimum absolute atomic E-state index is 0.139. The zero-order valence-corrected chi connectivity index (χ0v) is 7.57. The molecule has 74 valence electrons. The monoisotopic (exact) mass is 188 g/mol. The van der Waals surface area contributed by atoms with Gasteiger partial charge in [-0.25, -0.2) is 4.79 Å². The molecule has 1 heterocycles. The van der Waals surface area contributed by atoms with E-state index in [1.54, 1.807) is 0 Å². The van der Waals surface area contributed by atoms with E-state index in [0.717, 1.165) is 0 Å². The van der Waals surface area contributed by atoms with Crippen molar-refractivity contribution in [1.82, 2.24) is 0 Å². The maximum absolute atomic E-state index is 11.3. The number of hydrogen-bond donors (Lipinski definition) is 1. The van der Waals surface area contributed by atoms with Crippen molar-refractivity contribution >= 4 is 11.9 Å². The lowest BCUT2D eigenvalue weighted by Crippen LogP contribution is -2.48. The topological polar surface area (TPSA) is 72.8 Å². The van der Waals surface area contributed by atoms with Gasteiger partial charge in [0.25, 0.3) is 0 Å². The zero-order valence-electron chi connectivity index (χ0n) is 7.57. The number of aliphatic hydroxyl groups excluding tert-OH is 1. The van der Waals surface area contributed by atoms with Crippen LogP contribution >= 0.6 is 0 Å². The van der Waals surface area contributed by atoms with Crippen LogP contribution in [0.25, 0.3) is 0 Å². The van der Waals surface area contributed by atoms with E-state index in [4.69, 9.17) is 4.74 Å². The van der Waals surface area contributed by atoms with Gasteiger partial charge in [0.05, 0.1) is 13.5 Å². The number of methoxy groups -OCH3 is 1. The van der Waals surface area contributed by atoms with E-state index in [9.17, 15) is 14.7 Å². The Balaban J connectivity index is 2.89. The predicted molar refractivity (Wildman–Crippen MR) is 41.8 cm³/mol. The van der Waals surface area contributed by atoms with Gasteiger partial charge in [0.15, 0.2) is 0 Å². The molecule has 5 heteroatoms. The van der Waals surface area contributed by atoms with Crippen LogP contribution in [0.2, 0.25) is 0 Å². The SMILES string of the molecule is COC(=O)[C@]1([C@H](C)O)CCC(=O)O1. The van der Waals surface area contributed by atoms with E-state index in [0.29, 0.717) is 0 Å². The van der Waals surface area contributed by atoms with Crippen LogP contribution < -0.4 is 0 Å². The number of esters is 2. The van der Waals surface area contributed by atoms with Gasteiger partial charge < -0.3 is 14.6 Å². The lowest BCUT2D eigenvalue weighted by Gasteiger charge is -2.26. The second-order valence-electron chi connectivity index (χ2n) is 3.03. The number of rotatable bonds is 2. The van der Waals surface area contributed by atoms with E-state index in [1.165, 1.54) is 14.0 Å². The minimum Gasteiger partial charge on any atom is -0.466 e. The molecule has 1 fully saturated rings. The van der Waals surface area contributed by atoms with Gasteiger partial charge >= 0.3 is 11.9 Å². The summed E-state index contributed by atoms with van der Waals surface area (Å²) in [6.07, 6.45) is -0.734. The summed E-state index contributed by atoms with van der Waals surface area (Å²) in [5, 5.41) is 9.34. The molecule has 0 saturated carbocycles. The molecule has 2 atom stereocenters. The van der Waals surface area contributed by atoms with Crippen molar-refractivity contribution in [2.75, 3.05) is 7.11 Å². The van der Waals surface area contributed by atoms with Crippen molar-refractivity contribution in [1.29, 1.82) is 0 Å². The first-order valence-corrected chi connectivity index (χ1v) is 4.01. The van der Waals surface area contributed by atoms with Crippen LogP contribution in [0.5, 0.6) is 0 Å². The van der Waals surface area contributed by atoms with E-state index in [-0.39, 0.29) is 12.8 Å². The normalized spacial score (nSPS) is 29.6. The van der Waals surface area contributed by atoms with Crippen molar-refractivity contribution in [3.05, 3.63) is 0 Å². The van der Waals surface area contributed by atoms with Gasteiger partial charge in [-0.05, 0) is 6.92 Å². The fraction of sp³-hybridized carbons (Fsp3) is 0.750. The Bertz CT molecular complexity index is 235. The molecule has 1 aliphatic rings. The third kappa shape index (κ3) is 1.51. The van der Waals surface area contributed by atoms with Gasteiger partial charge in [0.2, 0.25) is 5.60 Å². The lowest BCUT2D eigenvalue weighted by atomic mass is 9.94. The fourth-order valence-electron chi connectivity index (χ4n) is 1.37. The van der Waals surface area contributed by atoms with Crippen LogP contribution in [-0.2, 0) is 19.1 Å². The van der Waals surface area contributed by atoms with E-state index in [1.807, 2.05) is 0 Å². The van der Waals surface area contributed by atoms with Crippen LogP contribution in [0.15, 0.2) is 0 Å². The van der Waals surface area contributed by atoms with Crippen molar-refractivity contribution in [2.24, 2.45) is 0 Å². The standard InChI is InChI=1S/C8H12O5/c1-5(9)8(7(11)12-2)4-3-6(10)13-8/h5,9H,3-4H2,1-2H3/t5-,8+/m0/s1. The largest absolute Gasteiger partial charge is 0.466 e. The van der Waals surface area contributed by atoms with Crippen molar-refractivity contribution < 1.29 is 24.2 Å². The Morgan fingerprint density at radius 1 is 1.77 bits per heavy atom. The highest BCUT2D eigenvalue weighted by Gasteiger charge is 2.52. The molecule has 0 unspecified atom stereocenters. The minimum atomic E-state index is -1.48. The summed E-state index contributed by atoms with van der Waals surface area (Å²) in [7, 11) is 1.19. The predicted octanol–water partition coefficient (Wildman–Crippen LogP) is -0.384. The molecule has 5 nitrogen and oxygen atoms in total. The summed E-state index contributed by atoms with van der Waals surface area (Å²) in [4.78, 5) is 22.1. The van der Waals surface area contributed by atoms with Gasteiger partial charge in [-0.2, -0.15) is 0 Å². The summed E-state index contributed by atoms with van der Waals surface area (Å²) >= 11 is 0. The molecular weight excluding hydrogens is 176 g/mol. The molecular formula is C8H12O5. The molecule has 0 bridgehead atoms. The van der Waals surface area contributed by atoms with Gasteiger partial charge in [-0.15, -0.1) is 0 Å². The highest BCUT2D eigenvalue weighted by atomic mass is 16.6. The van der Waals surface area contributed by atoms with Crippen LogP contribution in [0.3, 0.4) is 0 Å². The Hall–Kier alpha value is -1.10. The zero-order chi connectivity index (χ0) is 10.1. The summed E-state index contributed by atoms with van der Waals surface area (Å²) in [5.74, 6) is -1.18. The quantitative estimate of drug-likeness (QED) is 0.598. The Morgan fingerprint density at radius 3 is 2.69 bits per heavy atom.